The average molecular weight is 301 g/mol. The van der Waals surface area contributed by atoms with Gasteiger partial charge in [-0.15, -0.1) is 0 Å². The Morgan fingerprint density at radius 3 is 2.43 bits per heavy atom. The summed E-state index contributed by atoms with van der Waals surface area (Å²) in [5.74, 6) is -0.148. The second-order valence-electron chi connectivity index (χ2n) is 5.24. The van der Waals surface area contributed by atoms with Gasteiger partial charge in [0.2, 0.25) is 0 Å². The van der Waals surface area contributed by atoms with Crippen LogP contribution in [0.2, 0.25) is 0 Å². The van der Waals surface area contributed by atoms with Gasteiger partial charge in [0.25, 0.3) is 5.91 Å². The van der Waals surface area contributed by atoms with Crippen molar-refractivity contribution in [2.24, 2.45) is 0 Å². The van der Waals surface area contributed by atoms with Crippen molar-refractivity contribution in [1.29, 1.82) is 5.26 Å². The van der Waals surface area contributed by atoms with Crippen LogP contribution < -0.4 is 11.1 Å². The van der Waals surface area contributed by atoms with Crippen molar-refractivity contribution >= 4 is 22.4 Å². The summed E-state index contributed by atoms with van der Waals surface area (Å²) in [5, 5.41) is 13.4. The standard InChI is InChI=1S/C19H15N3O/c20-11-13-7-9-14(10-8-13)12-22-19(23)17-5-1-4-16-15(17)3-2-6-18(16)21/h1-10H,12,21H2,(H,22,23). The Labute approximate surface area is 134 Å². The van der Waals surface area contributed by atoms with Gasteiger partial charge in [-0.3, -0.25) is 4.79 Å². The molecule has 3 rings (SSSR count). The zero-order chi connectivity index (χ0) is 16.2. The molecule has 4 nitrogen and oxygen atoms in total. The summed E-state index contributed by atoms with van der Waals surface area (Å²) in [7, 11) is 0. The second-order valence-corrected chi connectivity index (χ2v) is 5.24. The molecule has 1 amide bonds. The number of amides is 1. The van der Waals surface area contributed by atoms with Crippen LogP contribution in [-0.2, 0) is 6.54 Å². The quantitative estimate of drug-likeness (QED) is 0.729. The Kier molecular flexibility index (Phi) is 3.94. The van der Waals surface area contributed by atoms with Gasteiger partial charge in [-0.05, 0) is 35.2 Å². The van der Waals surface area contributed by atoms with Gasteiger partial charge in [0.1, 0.15) is 0 Å². The molecule has 0 aromatic heterocycles. The number of anilines is 1. The van der Waals surface area contributed by atoms with Crippen LogP contribution in [0.5, 0.6) is 0 Å². The maximum absolute atomic E-state index is 12.5. The fraction of sp³-hybridized carbons (Fsp3) is 0.0526. The van der Waals surface area contributed by atoms with E-state index in [0.717, 1.165) is 16.3 Å². The molecule has 0 unspecified atom stereocenters. The lowest BCUT2D eigenvalue weighted by atomic mass is 10.0. The van der Waals surface area contributed by atoms with Crippen LogP contribution in [0.25, 0.3) is 10.8 Å². The number of nitrogens with zero attached hydrogens (tertiary/aromatic N) is 1. The molecule has 0 radical (unpaired) electrons. The van der Waals surface area contributed by atoms with Crippen LogP contribution in [0.4, 0.5) is 5.69 Å². The first-order chi connectivity index (χ1) is 11.2. The predicted octanol–water partition coefficient (Wildman–Crippen LogP) is 3.22. The fourth-order valence-electron chi connectivity index (χ4n) is 2.51. The Morgan fingerprint density at radius 2 is 1.70 bits per heavy atom. The Morgan fingerprint density at radius 1 is 1.00 bits per heavy atom. The Bertz CT molecular complexity index is 908. The molecular weight excluding hydrogens is 286 g/mol. The highest BCUT2D eigenvalue weighted by Gasteiger charge is 2.10. The van der Waals surface area contributed by atoms with Crippen LogP contribution >= 0.6 is 0 Å². The van der Waals surface area contributed by atoms with E-state index in [-0.39, 0.29) is 5.91 Å². The first kappa shape index (κ1) is 14.6. The van der Waals surface area contributed by atoms with E-state index in [1.807, 2.05) is 42.5 Å². The van der Waals surface area contributed by atoms with Gasteiger partial charge >= 0.3 is 0 Å². The van der Waals surface area contributed by atoms with E-state index in [0.29, 0.717) is 23.4 Å². The minimum Gasteiger partial charge on any atom is -0.398 e. The minimum absolute atomic E-state index is 0.148. The zero-order valence-corrected chi connectivity index (χ0v) is 12.4. The highest BCUT2D eigenvalue weighted by Crippen LogP contribution is 2.24. The smallest absolute Gasteiger partial charge is 0.252 e. The monoisotopic (exact) mass is 301 g/mol. The first-order valence-electron chi connectivity index (χ1n) is 7.23. The number of carbonyl (C=O) groups is 1. The SMILES string of the molecule is N#Cc1ccc(CNC(=O)c2cccc3c(N)cccc23)cc1. The fourth-order valence-corrected chi connectivity index (χ4v) is 2.51. The van der Waals surface area contributed by atoms with E-state index < -0.39 is 0 Å². The molecule has 3 N–H and O–H groups in total. The Hall–Kier alpha value is -3.32. The molecule has 3 aromatic carbocycles. The maximum atomic E-state index is 12.5. The molecule has 0 aliphatic carbocycles. The number of hydrogen-bond donors (Lipinski definition) is 2. The summed E-state index contributed by atoms with van der Waals surface area (Å²) in [5.41, 5.74) is 8.76. The lowest BCUT2D eigenvalue weighted by Crippen LogP contribution is -2.23. The van der Waals surface area contributed by atoms with Gasteiger partial charge in [0.05, 0.1) is 11.6 Å². The molecule has 0 fully saturated rings. The summed E-state index contributed by atoms with van der Waals surface area (Å²) in [4.78, 5) is 12.5. The van der Waals surface area contributed by atoms with E-state index in [9.17, 15) is 4.79 Å². The van der Waals surface area contributed by atoms with Gasteiger partial charge in [-0.1, -0.05) is 36.4 Å². The van der Waals surface area contributed by atoms with Crippen LogP contribution in [0.1, 0.15) is 21.5 Å². The van der Waals surface area contributed by atoms with E-state index in [1.54, 1.807) is 18.2 Å². The number of nitrogens with one attached hydrogen (secondary N) is 1. The van der Waals surface area contributed by atoms with E-state index in [4.69, 9.17) is 11.0 Å². The van der Waals surface area contributed by atoms with Gasteiger partial charge in [0, 0.05) is 23.2 Å². The summed E-state index contributed by atoms with van der Waals surface area (Å²) >= 11 is 0. The molecule has 0 spiro atoms. The molecular formula is C19H15N3O. The molecule has 0 saturated carbocycles. The highest BCUT2D eigenvalue weighted by atomic mass is 16.1. The molecule has 3 aromatic rings. The summed E-state index contributed by atoms with van der Waals surface area (Å²) in [6, 6.07) is 20.3. The third kappa shape index (κ3) is 2.99. The number of hydrogen-bond acceptors (Lipinski definition) is 3. The number of nitrogen functional groups attached to an aromatic ring is 1. The van der Waals surface area contributed by atoms with Crippen LogP contribution in [0.15, 0.2) is 60.7 Å². The third-order valence-corrected chi connectivity index (χ3v) is 3.74. The molecule has 4 heteroatoms. The lowest BCUT2D eigenvalue weighted by Gasteiger charge is -2.09. The molecule has 0 aliphatic rings. The third-order valence-electron chi connectivity index (χ3n) is 3.74. The predicted molar refractivity (Wildman–Crippen MR) is 90.7 cm³/mol. The summed E-state index contributed by atoms with van der Waals surface area (Å²) in [6.07, 6.45) is 0. The van der Waals surface area contributed by atoms with Crippen molar-refractivity contribution in [1.82, 2.24) is 5.32 Å². The van der Waals surface area contributed by atoms with Gasteiger partial charge in [-0.25, -0.2) is 0 Å². The van der Waals surface area contributed by atoms with Crippen molar-refractivity contribution in [3.63, 3.8) is 0 Å². The molecule has 0 aliphatic heterocycles. The van der Waals surface area contributed by atoms with Crippen LogP contribution in [0, 0.1) is 11.3 Å². The normalized spacial score (nSPS) is 10.2. The number of rotatable bonds is 3. The van der Waals surface area contributed by atoms with Crippen LogP contribution in [0.3, 0.4) is 0 Å². The number of carbonyl (C=O) groups excluding carboxylic acids is 1. The number of nitrogens with two attached hydrogens (primary N) is 1. The van der Waals surface area contributed by atoms with Gasteiger partial charge < -0.3 is 11.1 Å². The molecule has 0 heterocycles. The first-order valence-corrected chi connectivity index (χ1v) is 7.23. The molecule has 112 valence electrons. The number of fused-ring (bicyclic) bond motifs is 1. The second kappa shape index (κ2) is 6.20. The van der Waals surface area contributed by atoms with Crippen molar-refractivity contribution in [3.8, 4) is 6.07 Å². The van der Waals surface area contributed by atoms with Crippen molar-refractivity contribution in [3.05, 3.63) is 77.4 Å². The minimum atomic E-state index is -0.148. The van der Waals surface area contributed by atoms with Gasteiger partial charge in [0.15, 0.2) is 0 Å². The molecule has 23 heavy (non-hydrogen) atoms. The van der Waals surface area contributed by atoms with E-state index >= 15 is 0 Å². The molecule has 0 atom stereocenters. The highest BCUT2D eigenvalue weighted by molar-refractivity contribution is 6.09. The van der Waals surface area contributed by atoms with E-state index in [1.165, 1.54) is 0 Å². The molecule has 0 saturated heterocycles. The van der Waals surface area contributed by atoms with Crippen LogP contribution in [-0.4, -0.2) is 5.91 Å². The lowest BCUT2D eigenvalue weighted by molar-refractivity contribution is 0.0952. The summed E-state index contributed by atoms with van der Waals surface area (Å²) < 4.78 is 0. The Balaban J connectivity index is 1.81. The maximum Gasteiger partial charge on any atom is 0.252 e. The van der Waals surface area contributed by atoms with Crippen molar-refractivity contribution in [2.45, 2.75) is 6.54 Å². The van der Waals surface area contributed by atoms with E-state index in [2.05, 4.69) is 11.4 Å². The van der Waals surface area contributed by atoms with Crippen molar-refractivity contribution in [2.75, 3.05) is 5.73 Å². The van der Waals surface area contributed by atoms with Crippen molar-refractivity contribution < 1.29 is 4.79 Å². The topological polar surface area (TPSA) is 78.9 Å². The molecule has 0 bridgehead atoms. The average Bonchev–Trinajstić information content (AvgIpc) is 2.60. The number of nitriles is 1. The largest absolute Gasteiger partial charge is 0.398 e. The number of benzene rings is 3. The zero-order valence-electron chi connectivity index (χ0n) is 12.4. The summed E-state index contributed by atoms with van der Waals surface area (Å²) in [6.45, 7) is 0.406. The van der Waals surface area contributed by atoms with Gasteiger partial charge in [-0.2, -0.15) is 5.26 Å².